The molecule has 0 saturated carbocycles. The minimum Gasteiger partial charge on any atom is -0.267 e. The highest BCUT2D eigenvalue weighted by atomic mass is 35.5. The van der Waals surface area contributed by atoms with Crippen molar-refractivity contribution in [2.45, 2.75) is 12.8 Å². The molecule has 2 aromatic carbocycles. The second-order valence-corrected chi connectivity index (χ2v) is 6.42. The van der Waals surface area contributed by atoms with Crippen LogP contribution < -0.4 is 5.56 Å². The van der Waals surface area contributed by atoms with Gasteiger partial charge in [0.05, 0.1) is 11.4 Å². The predicted molar refractivity (Wildman–Crippen MR) is 92.7 cm³/mol. The Morgan fingerprint density at radius 1 is 0.870 bits per heavy atom. The van der Waals surface area contributed by atoms with Gasteiger partial charge < -0.3 is 0 Å². The molecule has 114 valence electrons. The third-order valence-corrected chi connectivity index (χ3v) is 4.56. The lowest BCUT2D eigenvalue weighted by molar-refractivity contribution is 0.783. The van der Waals surface area contributed by atoms with Crippen molar-refractivity contribution in [3.8, 4) is 16.9 Å². The SMILES string of the molecule is O=c1cc2c(nn1-c1ccc(Cl)cc1)-c1cc(Cl)ccc1CC2. The van der Waals surface area contributed by atoms with Crippen molar-refractivity contribution in [2.24, 2.45) is 0 Å². The first kappa shape index (κ1) is 14.5. The van der Waals surface area contributed by atoms with Gasteiger partial charge >= 0.3 is 0 Å². The van der Waals surface area contributed by atoms with Crippen molar-refractivity contribution in [1.29, 1.82) is 0 Å². The summed E-state index contributed by atoms with van der Waals surface area (Å²) in [5.74, 6) is 0. The van der Waals surface area contributed by atoms with Gasteiger partial charge in [-0.05, 0) is 60.4 Å². The quantitative estimate of drug-likeness (QED) is 0.660. The molecule has 4 rings (SSSR count). The zero-order valence-electron chi connectivity index (χ0n) is 12.1. The van der Waals surface area contributed by atoms with Gasteiger partial charge in [0, 0.05) is 21.7 Å². The Kier molecular flexibility index (Phi) is 3.47. The molecule has 0 spiro atoms. The highest BCUT2D eigenvalue weighted by Crippen LogP contribution is 2.33. The van der Waals surface area contributed by atoms with Crippen molar-refractivity contribution >= 4 is 23.2 Å². The molecule has 1 heterocycles. The molecule has 3 aromatic rings. The van der Waals surface area contributed by atoms with Gasteiger partial charge in [-0.15, -0.1) is 0 Å². The molecule has 0 saturated heterocycles. The molecule has 3 nitrogen and oxygen atoms in total. The highest BCUT2D eigenvalue weighted by molar-refractivity contribution is 6.31. The van der Waals surface area contributed by atoms with Gasteiger partial charge in [0.2, 0.25) is 0 Å². The van der Waals surface area contributed by atoms with Crippen LogP contribution in [0.4, 0.5) is 0 Å². The highest BCUT2D eigenvalue weighted by Gasteiger charge is 2.20. The van der Waals surface area contributed by atoms with Crippen LogP contribution in [0.3, 0.4) is 0 Å². The predicted octanol–water partition coefficient (Wildman–Crippen LogP) is 4.30. The third kappa shape index (κ3) is 2.56. The van der Waals surface area contributed by atoms with Crippen LogP contribution in [0, 0.1) is 0 Å². The lowest BCUT2D eigenvalue weighted by atomic mass is 9.89. The molecule has 0 fully saturated rings. The van der Waals surface area contributed by atoms with E-state index in [1.807, 2.05) is 18.2 Å². The maximum Gasteiger partial charge on any atom is 0.271 e. The first-order valence-corrected chi connectivity index (χ1v) is 8.05. The third-order valence-electron chi connectivity index (χ3n) is 4.07. The van der Waals surface area contributed by atoms with Gasteiger partial charge in [-0.3, -0.25) is 4.79 Å². The Morgan fingerprint density at radius 2 is 1.57 bits per heavy atom. The van der Waals surface area contributed by atoms with Crippen LogP contribution in [0.15, 0.2) is 53.3 Å². The number of fused-ring (bicyclic) bond motifs is 3. The fraction of sp³-hybridized carbons (Fsp3) is 0.111. The zero-order chi connectivity index (χ0) is 16.0. The Morgan fingerprint density at radius 3 is 2.35 bits per heavy atom. The first-order chi connectivity index (χ1) is 11.1. The molecule has 0 bridgehead atoms. The Balaban J connectivity index is 1.94. The summed E-state index contributed by atoms with van der Waals surface area (Å²) in [5, 5.41) is 5.89. The summed E-state index contributed by atoms with van der Waals surface area (Å²) in [6.45, 7) is 0. The van der Waals surface area contributed by atoms with Crippen molar-refractivity contribution in [3.63, 3.8) is 0 Å². The standard InChI is InChI=1S/C18H12Cl2N2O/c19-13-5-7-15(8-6-13)22-17(23)9-12-2-1-11-3-4-14(20)10-16(11)18(12)21-22/h3-10H,1-2H2. The molecular formula is C18H12Cl2N2O. The van der Waals surface area contributed by atoms with E-state index >= 15 is 0 Å². The number of halogens is 2. The second-order valence-electron chi connectivity index (χ2n) is 5.55. The van der Waals surface area contributed by atoms with E-state index in [-0.39, 0.29) is 5.56 Å². The summed E-state index contributed by atoms with van der Waals surface area (Å²) >= 11 is 12.1. The van der Waals surface area contributed by atoms with Crippen molar-refractivity contribution < 1.29 is 0 Å². The smallest absolute Gasteiger partial charge is 0.267 e. The topological polar surface area (TPSA) is 34.9 Å². The average molecular weight is 343 g/mol. The van der Waals surface area contributed by atoms with Gasteiger partial charge in [0.15, 0.2) is 0 Å². The molecule has 0 radical (unpaired) electrons. The number of nitrogens with zero attached hydrogens (tertiary/aromatic N) is 2. The fourth-order valence-corrected chi connectivity index (χ4v) is 3.23. The van der Waals surface area contributed by atoms with Crippen LogP contribution in [0.1, 0.15) is 11.1 Å². The number of benzene rings is 2. The van der Waals surface area contributed by atoms with Gasteiger partial charge in [-0.25, -0.2) is 0 Å². The minimum absolute atomic E-state index is 0.142. The zero-order valence-corrected chi connectivity index (χ0v) is 13.6. The van der Waals surface area contributed by atoms with Crippen LogP contribution >= 0.6 is 23.2 Å². The monoisotopic (exact) mass is 342 g/mol. The van der Waals surface area contributed by atoms with E-state index in [9.17, 15) is 4.79 Å². The molecule has 0 N–H and O–H groups in total. The second kappa shape index (κ2) is 5.52. The molecule has 0 amide bonds. The van der Waals surface area contributed by atoms with Crippen molar-refractivity contribution in [2.75, 3.05) is 0 Å². The number of aryl methyl sites for hydroxylation is 2. The van der Waals surface area contributed by atoms with Crippen LogP contribution in [0.5, 0.6) is 0 Å². The minimum atomic E-state index is -0.142. The number of rotatable bonds is 1. The summed E-state index contributed by atoms with van der Waals surface area (Å²) < 4.78 is 1.41. The van der Waals surface area contributed by atoms with E-state index in [4.69, 9.17) is 23.2 Å². The summed E-state index contributed by atoms with van der Waals surface area (Å²) in [5.41, 5.74) is 4.54. The van der Waals surface area contributed by atoms with Gasteiger partial charge in [0.1, 0.15) is 0 Å². The van der Waals surface area contributed by atoms with Crippen molar-refractivity contribution in [1.82, 2.24) is 9.78 Å². The number of hydrogen-bond donors (Lipinski definition) is 0. The largest absolute Gasteiger partial charge is 0.271 e. The van der Waals surface area contributed by atoms with Crippen LogP contribution in [0.2, 0.25) is 10.0 Å². The Labute approximate surface area is 143 Å². The van der Waals surface area contributed by atoms with Crippen molar-refractivity contribution in [3.05, 3.63) is 80.1 Å². The summed E-state index contributed by atoms with van der Waals surface area (Å²) in [4.78, 5) is 12.4. The average Bonchev–Trinajstić information content (AvgIpc) is 2.55. The first-order valence-electron chi connectivity index (χ1n) is 7.30. The molecule has 0 atom stereocenters. The van der Waals surface area contributed by atoms with E-state index in [2.05, 4.69) is 5.10 Å². The normalized spacial score (nSPS) is 12.6. The Hall–Kier alpha value is -2.10. The number of hydrogen-bond acceptors (Lipinski definition) is 2. The maximum absolute atomic E-state index is 12.4. The summed E-state index contributed by atoms with van der Waals surface area (Å²) in [6.07, 6.45) is 1.71. The Bertz CT molecular complexity index is 962. The molecule has 5 heteroatoms. The molecule has 1 aromatic heterocycles. The lowest BCUT2D eigenvalue weighted by Gasteiger charge is -2.20. The van der Waals surface area contributed by atoms with E-state index in [0.717, 1.165) is 29.7 Å². The van der Waals surface area contributed by atoms with Gasteiger partial charge in [-0.2, -0.15) is 9.78 Å². The van der Waals surface area contributed by atoms with Crippen LogP contribution in [0.25, 0.3) is 16.9 Å². The van der Waals surface area contributed by atoms with Crippen LogP contribution in [-0.4, -0.2) is 9.78 Å². The van der Waals surface area contributed by atoms with E-state index in [1.54, 1.807) is 30.3 Å². The summed E-state index contributed by atoms with van der Waals surface area (Å²) in [6, 6.07) is 14.6. The molecule has 1 aliphatic carbocycles. The fourth-order valence-electron chi connectivity index (χ4n) is 2.93. The molecule has 1 aliphatic rings. The lowest BCUT2D eigenvalue weighted by Crippen LogP contribution is -2.24. The van der Waals surface area contributed by atoms with E-state index in [0.29, 0.717) is 15.7 Å². The van der Waals surface area contributed by atoms with E-state index in [1.165, 1.54) is 10.2 Å². The summed E-state index contributed by atoms with van der Waals surface area (Å²) in [7, 11) is 0. The van der Waals surface area contributed by atoms with E-state index < -0.39 is 0 Å². The molecular weight excluding hydrogens is 331 g/mol. The number of aromatic nitrogens is 2. The maximum atomic E-state index is 12.4. The molecule has 0 unspecified atom stereocenters. The molecule has 23 heavy (non-hydrogen) atoms. The molecule has 0 aliphatic heterocycles. The van der Waals surface area contributed by atoms with Crippen LogP contribution in [-0.2, 0) is 12.8 Å². The van der Waals surface area contributed by atoms with Gasteiger partial charge in [-0.1, -0.05) is 29.3 Å². The van der Waals surface area contributed by atoms with Gasteiger partial charge in [0.25, 0.3) is 5.56 Å².